The molecule has 5 nitrogen and oxygen atoms in total. The van der Waals surface area contributed by atoms with Crippen LogP contribution in [0.3, 0.4) is 0 Å². The Morgan fingerprint density at radius 1 is 1.20 bits per heavy atom. The maximum Gasteiger partial charge on any atom is 0.342 e. The summed E-state index contributed by atoms with van der Waals surface area (Å²) in [6.45, 7) is 1.49. The summed E-state index contributed by atoms with van der Waals surface area (Å²) in [5.41, 5.74) is 1.17. The number of carbonyl (C=O) groups is 2. The number of rotatable bonds is 7. The zero-order valence-corrected chi connectivity index (χ0v) is 14.6. The molecule has 2 aromatic carbocycles. The number of ether oxygens (including phenoxy) is 1. The highest BCUT2D eigenvalue weighted by Gasteiger charge is 2.15. The molecule has 2 rings (SSSR count). The minimum Gasteiger partial charge on any atom is -0.507 e. The summed E-state index contributed by atoms with van der Waals surface area (Å²) in [6.07, 6.45) is 1.63. The lowest BCUT2D eigenvalue weighted by Crippen LogP contribution is -2.36. The van der Waals surface area contributed by atoms with Crippen LogP contribution in [0.15, 0.2) is 48.5 Å². The summed E-state index contributed by atoms with van der Waals surface area (Å²) in [5, 5.41) is 12.8. The number of phenols is 1. The first-order valence-corrected chi connectivity index (χ1v) is 8.32. The molecule has 0 saturated heterocycles. The Morgan fingerprint density at radius 3 is 2.60 bits per heavy atom. The molecular weight excluding hydrogens is 342 g/mol. The van der Waals surface area contributed by atoms with E-state index in [2.05, 4.69) is 5.32 Å². The number of phenolic OH excluding ortho intramolecular Hbond substituents is 1. The van der Waals surface area contributed by atoms with Crippen molar-refractivity contribution in [3.8, 4) is 5.75 Å². The first-order valence-electron chi connectivity index (χ1n) is 7.94. The monoisotopic (exact) mass is 361 g/mol. The Kier molecular flexibility index (Phi) is 6.83. The number of hydrogen-bond acceptors (Lipinski definition) is 4. The highest BCUT2D eigenvalue weighted by molar-refractivity contribution is 6.30. The predicted molar refractivity (Wildman–Crippen MR) is 95.8 cm³/mol. The van der Waals surface area contributed by atoms with Crippen LogP contribution >= 0.6 is 11.6 Å². The van der Waals surface area contributed by atoms with Crippen molar-refractivity contribution in [2.45, 2.75) is 25.8 Å². The third-order valence-corrected chi connectivity index (χ3v) is 3.87. The smallest absolute Gasteiger partial charge is 0.342 e. The van der Waals surface area contributed by atoms with E-state index in [1.54, 1.807) is 0 Å². The van der Waals surface area contributed by atoms with E-state index in [4.69, 9.17) is 16.3 Å². The maximum atomic E-state index is 11.9. The number of amides is 1. The highest BCUT2D eigenvalue weighted by atomic mass is 35.5. The van der Waals surface area contributed by atoms with E-state index in [1.165, 1.54) is 23.8 Å². The second-order valence-corrected chi connectivity index (χ2v) is 6.17. The topological polar surface area (TPSA) is 75.6 Å². The van der Waals surface area contributed by atoms with E-state index in [0.717, 1.165) is 12.8 Å². The van der Waals surface area contributed by atoms with Crippen LogP contribution in [0.4, 0.5) is 0 Å². The number of aromatic hydroxyl groups is 1. The first kappa shape index (κ1) is 18.8. The number of carbonyl (C=O) groups excluding carboxylic acids is 2. The Bertz CT molecular complexity index is 733. The molecule has 0 fully saturated rings. The Balaban J connectivity index is 1.75. The molecular formula is C19H20ClNO4. The molecule has 0 aliphatic carbocycles. The van der Waals surface area contributed by atoms with Gasteiger partial charge in [0.25, 0.3) is 5.91 Å². The second kappa shape index (κ2) is 9.08. The molecule has 0 unspecified atom stereocenters. The molecule has 0 bridgehead atoms. The summed E-state index contributed by atoms with van der Waals surface area (Å²) in [6, 6.07) is 14.0. The maximum absolute atomic E-state index is 11.9. The van der Waals surface area contributed by atoms with Crippen molar-refractivity contribution < 1.29 is 19.4 Å². The van der Waals surface area contributed by atoms with Gasteiger partial charge in [0.15, 0.2) is 6.61 Å². The Hall–Kier alpha value is -2.53. The van der Waals surface area contributed by atoms with Gasteiger partial charge in [-0.3, -0.25) is 4.79 Å². The highest BCUT2D eigenvalue weighted by Crippen LogP contribution is 2.22. The van der Waals surface area contributed by atoms with Gasteiger partial charge in [-0.15, -0.1) is 0 Å². The molecule has 2 N–H and O–H groups in total. The number of esters is 1. The third-order valence-electron chi connectivity index (χ3n) is 3.63. The molecule has 1 amide bonds. The summed E-state index contributed by atoms with van der Waals surface area (Å²) in [4.78, 5) is 23.7. The fourth-order valence-corrected chi connectivity index (χ4v) is 2.47. The van der Waals surface area contributed by atoms with Crippen molar-refractivity contribution in [2.24, 2.45) is 0 Å². The summed E-state index contributed by atoms with van der Waals surface area (Å²) in [7, 11) is 0. The van der Waals surface area contributed by atoms with Crippen molar-refractivity contribution in [1.82, 2.24) is 5.32 Å². The zero-order chi connectivity index (χ0) is 18.2. The van der Waals surface area contributed by atoms with Gasteiger partial charge in [0.1, 0.15) is 11.3 Å². The molecule has 6 heteroatoms. The third kappa shape index (κ3) is 6.12. The quantitative estimate of drug-likeness (QED) is 0.741. The van der Waals surface area contributed by atoms with Crippen LogP contribution in [0.5, 0.6) is 5.75 Å². The standard InChI is InChI=1S/C19H20ClNO4/c1-13(7-8-14-5-3-2-4-6-14)21-18(23)12-25-19(24)16-10-9-15(20)11-17(16)22/h2-6,9-11,13,22H,7-8,12H2,1H3,(H,21,23)/t13-/m0/s1. The van der Waals surface area contributed by atoms with E-state index < -0.39 is 12.6 Å². The summed E-state index contributed by atoms with van der Waals surface area (Å²) < 4.78 is 4.92. The Labute approximate surface area is 151 Å². The van der Waals surface area contributed by atoms with Crippen LogP contribution in [0.25, 0.3) is 0 Å². The molecule has 0 heterocycles. The SMILES string of the molecule is C[C@@H](CCc1ccccc1)NC(=O)COC(=O)c1ccc(Cl)cc1O. The lowest BCUT2D eigenvalue weighted by atomic mass is 10.1. The van der Waals surface area contributed by atoms with Crippen LogP contribution < -0.4 is 5.32 Å². The normalized spacial score (nSPS) is 11.6. The van der Waals surface area contributed by atoms with Gasteiger partial charge in [0.2, 0.25) is 0 Å². The number of aryl methyl sites for hydroxylation is 1. The van der Waals surface area contributed by atoms with Crippen molar-refractivity contribution in [2.75, 3.05) is 6.61 Å². The zero-order valence-electron chi connectivity index (χ0n) is 13.9. The molecule has 0 aliphatic rings. The molecule has 25 heavy (non-hydrogen) atoms. The number of halogens is 1. The van der Waals surface area contributed by atoms with Gasteiger partial charge in [-0.2, -0.15) is 0 Å². The molecule has 0 spiro atoms. The molecule has 0 radical (unpaired) electrons. The van der Waals surface area contributed by atoms with Gasteiger partial charge in [0.05, 0.1) is 0 Å². The van der Waals surface area contributed by atoms with Gasteiger partial charge in [0, 0.05) is 11.1 Å². The molecule has 0 aromatic heterocycles. The van der Waals surface area contributed by atoms with Crippen LogP contribution in [-0.4, -0.2) is 29.6 Å². The van der Waals surface area contributed by atoms with E-state index in [9.17, 15) is 14.7 Å². The van der Waals surface area contributed by atoms with Crippen molar-refractivity contribution in [3.05, 3.63) is 64.7 Å². The van der Waals surface area contributed by atoms with Gasteiger partial charge in [-0.25, -0.2) is 4.79 Å². The minimum absolute atomic E-state index is 0.0330. The van der Waals surface area contributed by atoms with E-state index in [1.807, 2.05) is 37.3 Å². The van der Waals surface area contributed by atoms with Crippen LogP contribution in [0.2, 0.25) is 5.02 Å². The molecule has 1 atom stereocenters. The van der Waals surface area contributed by atoms with E-state index >= 15 is 0 Å². The summed E-state index contributed by atoms with van der Waals surface area (Å²) >= 11 is 5.70. The van der Waals surface area contributed by atoms with Crippen molar-refractivity contribution in [3.63, 3.8) is 0 Å². The second-order valence-electron chi connectivity index (χ2n) is 5.73. The Morgan fingerprint density at radius 2 is 1.92 bits per heavy atom. The lowest BCUT2D eigenvalue weighted by Gasteiger charge is -2.14. The lowest BCUT2D eigenvalue weighted by molar-refractivity contribution is -0.124. The molecule has 2 aromatic rings. The first-order chi connectivity index (χ1) is 12.0. The van der Waals surface area contributed by atoms with Crippen LogP contribution in [0.1, 0.15) is 29.3 Å². The van der Waals surface area contributed by atoms with Gasteiger partial charge < -0.3 is 15.2 Å². The number of hydrogen-bond donors (Lipinski definition) is 2. The van der Waals surface area contributed by atoms with Gasteiger partial charge in [-0.05, 0) is 43.5 Å². The molecule has 0 saturated carbocycles. The van der Waals surface area contributed by atoms with Gasteiger partial charge >= 0.3 is 5.97 Å². The van der Waals surface area contributed by atoms with Crippen LogP contribution in [0, 0.1) is 0 Å². The van der Waals surface area contributed by atoms with Gasteiger partial charge in [-0.1, -0.05) is 41.9 Å². The fourth-order valence-electron chi connectivity index (χ4n) is 2.30. The predicted octanol–water partition coefficient (Wildman–Crippen LogP) is 3.34. The van der Waals surface area contributed by atoms with Crippen LogP contribution in [-0.2, 0) is 16.0 Å². The molecule has 0 aliphatic heterocycles. The van der Waals surface area contributed by atoms with Crippen molar-refractivity contribution >= 4 is 23.5 Å². The minimum atomic E-state index is -0.777. The van der Waals surface area contributed by atoms with E-state index in [-0.39, 0.29) is 23.3 Å². The number of nitrogens with one attached hydrogen (secondary N) is 1. The average Bonchev–Trinajstić information content (AvgIpc) is 2.59. The average molecular weight is 362 g/mol. The molecule has 132 valence electrons. The fraction of sp³-hybridized carbons (Fsp3) is 0.263. The number of benzene rings is 2. The van der Waals surface area contributed by atoms with E-state index in [0.29, 0.717) is 5.02 Å². The largest absolute Gasteiger partial charge is 0.507 e. The summed E-state index contributed by atoms with van der Waals surface area (Å²) in [5.74, 6) is -1.45. The van der Waals surface area contributed by atoms with Crippen molar-refractivity contribution in [1.29, 1.82) is 0 Å².